The summed E-state index contributed by atoms with van der Waals surface area (Å²) in [6.45, 7) is 13.7. The van der Waals surface area contributed by atoms with Crippen molar-refractivity contribution < 1.29 is 9.31 Å². The van der Waals surface area contributed by atoms with Crippen molar-refractivity contribution >= 4 is 18.3 Å². The molecular formula is C17H27BN2O2. The average Bonchev–Trinajstić information content (AvgIpc) is 2.68. The fraction of sp³-hybridized carbons (Fsp3) is 0.647. The van der Waals surface area contributed by atoms with Crippen molar-refractivity contribution in [1.29, 1.82) is 0 Å². The number of piperazine rings is 1. The lowest BCUT2D eigenvalue weighted by molar-refractivity contribution is 0.00578. The van der Waals surface area contributed by atoms with E-state index in [0.717, 1.165) is 25.1 Å². The van der Waals surface area contributed by atoms with Crippen LogP contribution in [0.3, 0.4) is 0 Å². The largest absolute Gasteiger partial charge is 0.494 e. The summed E-state index contributed by atoms with van der Waals surface area (Å²) >= 11 is 0. The maximum absolute atomic E-state index is 6.11. The standard InChI is InChI=1S/C17H27BN2O2/c1-13-12-19-10-11-20(13)15-8-6-14(7-9-15)18-21-16(2,3)17(4,5)22-18/h6-9,13,19H,10-12H2,1-5H3. The zero-order chi connectivity index (χ0) is 16.0. The number of nitrogens with one attached hydrogen (secondary N) is 1. The van der Waals surface area contributed by atoms with E-state index in [1.165, 1.54) is 5.69 Å². The first-order valence-corrected chi connectivity index (χ1v) is 8.23. The molecule has 1 N–H and O–H groups in total. The third kappa shape index (κ3) is 2.77. The van der Waals surface area contributed by atoms with Crippen LogP contribution in [-0.4, -0.2) is 44.0 Å². The lowest BCUT2D eigenvalue weighted by Crippen LogP contribution is -2.50. The highest BCUT2D eigenvalue weighted by Gasteiger charge is 2.51. The van der Waals surface area contributed by atoms with Gasteiger partial charge in [-0.25, -0.2) is 0 Å². The van der Waals surface area contributed by atoms with Gasteiger partial charge in [0.2, 0.25) is 0 Å². The molecule has 0 bridgehead atoms. The SMILES string of the molecule is CC1CNCCN1c1ccc(B2OC(C)(C)C(C)(C)O2)cc1. The van der Waals surface area contributed by atoms with Gasteiger partial charge in [0.1, 0.15) is 0 Å². The second-order valence-electron chi connectivity index (χ2n) is 7.43. The molecule has 3 rings (SSSR count). The Balaban J connectivity index is 1.75. The predicted octanol–water partition coefficient (Wildman–Crippen LogP) is 1.78. The molecule has 2 aliphatic rings. The van der Waals surface area contributed by atoms with Crippen LogP contribution < -0.4 is 15.7 Å². The quantitative estimate of drug-likeness (QED) is 0.845. The Morgan fingerprint density at radius 3 is 2.23 bits per heavy atom. The maximum Gasteiger partial charge on any atom is 0.494 e. The van der Waals surface area contributed by atoms with Crippen LogP contribution in [0.2, 0.25) is 0 Å². The molecule has 0 saturated carbocycles. The van der Waals surface area contributed by atoms with Gasteiger partial charge < -0.3 is 19.5 Å². The topological polar surface area (TPSA) is 33.7 Å². The normalized spacial score (nSPS) is 27.2. The van der Waals surface area contributed by atoms with Gasteiger partial charge in [0, 0.05) is 31.4 Å². The van der Waals surface area contributed by atoms with Crippen molar-refractivity contribution in [2.24, 2.45) is 0 Å². The molecule has 1 unspecified atom stereocenters. The highest BCUT2D eigenvalue weighted by Crippen LogP contribution is 2.36. The van der Waals surface area contributed by atoms with Crippen LogP contribution in [0.5, 0.6) is 0 Å². The van der Waals surface area contributed by atoms with Gasteiger partial charge in [-0.2, -0.15) is 0 Å². The van der Waals surface area contributed by atoms with Gasteiger partial charge in [-0.15, -0.1) is 0 Å². The third-order valence-corrected chi connectivity index (χ3v) is 5.25. The van der Waals surface area contributed by atoms with E-state index in [1.807, 2.05) is 0 Å². The zero-order valence-electron chi connectivity index (χ0n) is 14.3. The molecule has 0 spiro atoms. The van der Waals surface area contributed by atoms with Crippen molar-refractivity contribution in [3.05, 3.63) is 24.3 Å². The Morgan fingerprint density at radius 1 is 1.09 bits per heavy atom. The molecule has 0 radical (unpaired) electrons. The van der Waals surface area contributed by atoms with E-state index in [2.05, 4.69) is 69.1 Å². The van der Waals surface area contributed by atoms with E-state index in [1.54, 1.807) is 0 Å². The smallest absolute Gasteiger partial charge is 0.399 e. The summed E-state index contributed by atoms with van der Waals surface area (Å²) in [7, 11) is -0.278. The molecular weight excluding hydrogens is 275 g/mol. The first-order valence-electron chi connectivity index (χ1n) is 8.23. The Morgan fingerprint density at radius 2 is 1.68 bits per heavy atom. The third-order valence-electron chi connectivity index (χ3n) is 5.25. The van der Waals surface area contributed by atoms with Crippen LogP contribution in [0.1, 0.15) is 34.6 Å². The van der Waals surface area contributed by atoms with E-state index in [4.69, 9.17) is 9.31 Å². The van der Waals surface area contributed by atoms with Crippen molar-refractivity contribution in [1.82, 2.24) is 5.32 Å². The van der Waals surface area contributed by atoms with Crippen molar-refractivity contribution in [2.75, 3.05) is 24.5 Å². The van der Waals surface area contributed by atoms with Gasteiger partial charge in [-0.1, -0.05) is 12.1 Å². The molecule has 2 saturated heterocycles. The lowest BCUT2D eigenvalue weighted by Gasteiger charge is -2.36. The Kier molecular flexibility index (Phi) is 4.00. The summed E-state index contributed by atoms with van der Waals surface area (Å²) in [4.78, 5) is 2.45. The van der Waals surface area contributed by atoms with Gasteiger partial charge >= 0.3 is 7.12 Å². The van der Waals surface area contributed by atoms with E-state index >= 15 is 0 Å². The molecule has 2 heterocycles. The summed E-state index contributed by atoms with van der Waals surface area (Å²) in [5.74, 6) is 0. The monoisotopic (exact) mass is 302 g/mol. The van der Waals surface area contributed by atoms with Gasteiger partial charge in [0.25, 0.3) is 0 Å². The second-order valence-corrected chi connectivity index (χ2v) is 7.43. The minimum Gasteiger partial charge on any atom is -0.399 e. The molecule has 5 heteroatoms. The number of anilines is 1. The van der Waals surface area contributed by atoms with Gasteiger partial charge in [0.05, 0.1) is 11.2 Å². The lowest BCUT2D eigenvalue weighted by atomic mass is 9.79. The zero-order valence-corrected chi connectivity index (χ0v) is 14.3. The molecule has 120 valence electrons. The number of nitrogens with zero attached hydrogens (tertiary/aromatic N) is 1. The van der Waals surface area contributed by atoms with E-state index in [-0.39, 0.29) is 18.3 Å². The van der Waals surface area contributed by atoms with Crippen molar-refractivity contribution in [3.63, 3.8) is 0 Å². The van der Waals surface area contributed by atoms with Gasteiger partial charge in [0.15, 0.2) is 0 Å². The maximum atomic E-state index is 6.11. The molecule has 4 nitrogen and oxygen atoms in total. The van der Waals surface area contributed by atoms with Gasteiger partial charge in [-0.3, -0.25) is 0 Å². The van der Waals surface area contributed by atoms with Gasteiger partial charge in [-0.05, 0) is 52.2 Å². The molecule has 2 fully saturated rings. The van der Waals surface area contributed by atoms with Crippen LogP contribution >= 0.6 is 0 Å². The van der Waals surface area contributed by atoms with E-state index in [0.29, 0.717) is 6.04 Å². The summed E-state index contributed by atoms with van der Waals surface area (Å²) in [6.07, 6.45) is 0. The van der Waals surface area contributed by atoms with Crippen LogP contribution in [0.15, 0.2) is 24.3 Å². The molecule has 2 aliphatic heterocycles. The van der Waals surface area contributed by atoms with Crippen molar-refractivity contribution in [3.8, 4) is 0 Å². The minimum atomic E-state index is -0.288. The van der Waals surface area contributed by atoms with E-state index in [9.17, 15) is 0 Å². The van der Waals surface area contributed by atoms with E-state index < -0.39 is 0 Å². The average molecular weight is 302 g/mol. The molecule has 0 aromatic heterocycles. The number of hydrogen-bond donors (Lipinski definition) is 1. The Labute approximate surface area is 134 Å². The minimum absolute atomic E-state index is 0.278. The number of rotatable bonds is 2. The molecule has 0 aliphatic carbocycles. The molecule has 22 heavy (non-hydrogen) atoms. The number of benzene rings is 1. The summed E-state index contributed by atoms with van der Waals surface area (Å²) < 4.78 is 12.2. The fourth-order valence-corrected chi connectivity index (χ4v) is 3.03. The first-order chi connectivity index (χ1) is 10.3. The molecule has 1 aromatic rings. The fourth-order valence-electron chi connectivity index (χ4n) is 3.03. The van der Waals surface area contributed by atoms with Crippen LogP contribution in [-0.2, 0) is 9.31 Å². The second kappa shape index (κ2) is 5.55. The van der Waals surface area contributed by atoms with Crippen LogP contribution in [0.25, 0.3) is 0 Å². The molecule has 1 atom stereocenters. The predicted molar refractivity (Wildman–Crippen MR) is 91.8 cm³/mol. The summed E-state index contributed by atoms with van der Waals surface area (Å²) in [5, 5.41) is 3.43. The highest BCUT2D eigenvalue weighted by molar-refractivity contribution is 6.62. The molecule has 1 aromatic carbocycles. The highest BCUT2D eigenvalue weighted by atomic mass is 16.7. The van der Waals surface area contributed by atoms with Crippen molar-refractivity contribution in [2.45, 2.75) is 51.9 Å². The summed E-state index contributed by atoms with van der Waals surface area (Å²) in [5.41, 5.74) is 1.78. The van der Waals surface area contributed by atoms with Crippen LogP contribution in [0.4, 0.5) is 5.69 Å². The number of hydrogen-bond acceptors (Lipinski definition) is 4. The van der Waals surface area contributed by atoms with Crippen LogP contribution in [0, 0.1) is 0 Å². The Hall–Kier alpha value is -1.04. The Bertz CT molecular complexity index is 514. The summed E-state index contributed by atoms with van der Waals surface area (Å²) in [6, 6.07) is 9.15. The molecule has 0 amide bonds. The first kappa shape index (κ1) is 15.8.